The van der Waals surface area contributed by atoms with Crippen molar-refractivity contribution in [3.63, 3.8) is 0 Å². The molecule has 154 valence electrons. The topological polar surface area (TPSA) is 123 Å². The van der Waals surface area contributed by atoms with Crippen LogP contribution in [0.4, 0.5) is 9.18 Å². The highest BCUT2D eigenvalue weighted by molar-refractivity contribution is 6.12. The van der Waals surface area contributed by atoms with Crippen molar-refractivity contribution in [3.8, 4) is 22.3 Å². The Labute approximate surface area is 174 Å². The summed E-state index contributed by atoms with van der Waals surface area (Å²) in [6, 6.07) is 16.5. The normalized spacial score (nSPS) is 10.9. The molecule has 0 aliphatic rings. The molecule has 0 atom stereocenters. The molecule has 0 radical (unpaired) electrons. The summed E-state index contributed by atoms with van der Waals surface area (Å²) in [5.74, 6) is -2.47. The predicted molar refractivity (Wildman–Crippen MR) is 112 cm³/mol. The minimum absolute atomic E-state index is 0.167. The SMILES string of the molecule is NC(=O)c1ccc(-c2c(C(=O)O)n(C(=O)O)c3cc(-c4ccc(F)cc4)ccc23)cc1. The number of nitrogens with two attached hydrogens (primary N) is 1. The van der Waals surface area contributed by atoms with Crippen molar-refractivity contribution < 1.29 is 29.0 Å². The van der Waals surface area contributed by atoms with Gasteiger partial charge in [-0.3, -0.25) is 4.79 Å². The molecule has 0 spiro atoms. The van der Waals surface area contributed by atoms with Crippen LogP contribution in [0.5, 0.6) is 0 Å². The van der Waals surface area contributed by atoms with Crippen LogP contribution in [0.25, 0.3) is 33.2 Å². The van der Waals surface area contributed by atoms with Crippen LogP contribution in [0.15, 0.2) is 66.7 Å². The van der Waals surface area contributed by atoms with Gasteiger partial charge in [-0.05, 0) is 47.0 Å². The largest absolute Gasteiger partial charge is 0.477 e. The molecule has 7 nitrogen and oxygen atoms in total. The van der Waals surface area contributed by atoms with Crippen molar-refractivity contribution in [1.82, 2.24) is 4.57 Å². The molecule has 0 saturated heterocycles. The molecule has 1 heterocycles. The van der Waals surface area contributed by atoms with Gasteiger partial charge in [0.15, 0.2) is 0 Å². The van der Waals surface area contributed by atoms with Crippen molar-refractivity contribution in [2.75, 3.05) is 0 Å². The zero-order valence-electron chi connectivity index (χ0n) is 15.9. The predicted octanol–water partition coefficient (Wildman–Crippen LogP) is 4.44. The molecule has 0 saturated carbocycles. The Hall–Kier alpha value is -4.46. The summed E-state index contributed by atoms with van der Waals surface area (Å²) in [6.45, 7) is 0. The van der Waals surface area contributed by atoms with Crippen LogP contribution in [0.2, 0.25) is 0 Å². The fraction of sp³-hybridized carbons (Fsp3) is 0. The number of aromatic nitrogens is 1. The Balaban J connectivity index is 2.02. The van der Waals surface area contributed by atoms with Crippen LogP contribution in [0.3, 0.4) is 0 Å². The van der Waals surface area contributed by atoms with E-state index < -0.39 is 29.5 Å². The fourth-order valence-corrected chi connectivity index (χ4v) is 3.60. The minimum Gasteiger partial charge on any atom is -0.477 e. The number of amides is 1. The number of rotatable bonds is 4. The highest BCUT2D eigenvalue weighted by Crippen LogP contribution is 2.37. The van der Waals surface area contributed by atoms with Gasteiger partial charge in [0.2, 0.25) is 5.91 Å². The van der Waals surface area contributed by atoms with Crippen molar-refractivity contribution in [3.05, 3.63) is 83.8 Å². The third kappa shape index (κ3) is 3.40. The number of primary amides is 1. The van der Waals surface area contributed by atoms with Gasteiger partial charge < -0.3 is 15.9 Å². The molecule has 0 aliphatic heterocycles. The minimum atomic E-state index is -1.46. The van der Waals surface area contributed by atoms with E-state index in [1.165, 1.54) is 36.4 Å². The Kier molecular flexibility index (Phi) is 4.75. The van der Waals surface area contributed by atoms with E-state index in [1.54, 1.807) is 30.3 Å². The van der Waals surface area contributed by atoms with E-state index in [0.29, 0.717) is 26.6 Å². The summed E-state index contributed by atoms with van der Waals surface area (Å²) in [5, 5.41) is 20.0. The number of benzene rings is 3. The summed E-state index contributed by atoms with van der Waals surface area (Å²) in [4.78, 5) is 35.4. The van der Waals surface area contributed by atoms with E-state index >= 15 is 0 Å². The molecule has 31 heavy (non-hydrogen) atoms. The molecule has 8 heteroatoms. The molecule has 4 rings (SSSR count). The van der Waals surface area contributed by atoms with Gasteiger partial charge in [-0.25, -0.2) is 18.5 Å². The van der Waals surface area contributed by atoms with Gasteiger partial charge in [0.25, 0.3) is 0 Å². The third-order valence-electron chi connectivity index (χ3n) is 5.00. The van der Waals surface area contributed by atoms with Crippen molar-refractivity contribution in [2.45, 2.75) is 0 Å². The van der Waals surface area contributed by atoms with Crippen molar-refractivity contribution >= 4 is 28.9 Å². The second-order valence-electron chi connectivity index (χ2n) is 6.83. The highest BCUT2D eigenvalue weighted by atomic mass is 19.1. The average molecular weight is 418 g/mol. The van der Waals surface area contributed by atoms with Crippen LogP contribution in [0.1, 0.15) is 20.8 Å². The number of hydrogen-bond acceptors (Lipinski definition) is 3. The summed E-state index contributed by atoms with van der Waals surface area (Å²) in [6.07, 6.45) is -1.46. The van der Waals surface area contributed by atoms with Crippen molar-refractivity contribution in [1.29, 1.82) is 0 Å². The molecule has 0 bridgehead atoms. The maximum atomic E-state index is 13.3. The lowest BCUT2D eigenvalue weighted by molar-refractivity contribution is 0.0685. The molecule has 1 aromatic heterocycles. The zero-order valence-corrected chi connectivity index (χ0v) is 15.9. The molecule has 0 fully saturated rings. The van der Waals surface area contributed by atoms with Gasteiger partial charge in [-0.1, -0.05) is 36.4 Å². The summed E-state index contributed by atoms with van der Waals surface area (Å²) < 4.78 is 14.0. The fourth-order valence-electron chi connectivity index (χ4n) is 3.60. The molecule has 0 unspecified atom stereocenters. The molecule has 0 aliphatic carbocycles. The smallest absolute Gasteiger partial charge is 0.416 e. The van der Waals surface area contributed by atoms with E-state index in [2.05, 4.69) is 0 Å². The van der Waals surface area contributed by atoms with Crippen molar-refractivity contribution in [2.24, 2.45) is 5.73 Å². The van der Waals surface area contributed by atoms with E-state index in [4.69, 9.17) is 5.73 Å². The first-order valence-corrected chi connectivity index (χ1v) is 9.09. The molecule has 3 aromatic carbocycles. The first-order valence-electron chi connectivity index (χ1n) is 9.09. The van der Waals surface area contributed by atoms with Gasteiger partial charge in [0.05, 0.1) is 5.52 Å². The Bertz CT molecular complexity index is 1360. The Morgan fingerprint density at radius 3 is 1.94 bits per heavy atom. The molecule has 4 aromatic rings. The Morgan fingerprint density at radius 2 is 1.39 bits per heavy atom. The number of halogens is 1. The number of carboxylic acids is 1. The van der Waals surface area contributed by atoms with E-state index in [1.807, 2.05) is 0 Å². The summed E-state index contributed by atoms with van der Waals surface area (Å²) in [5.41, 5.74) is 7.10. The maximum Gasteiger partial charge on any atom is 0.416 e. The van der Waals surface area contributed by atoms with E-state index in [9.17, 15) is 29.0 Å². The van der Waals surface area contributed by atoms with Gasteiger partial charge in [-0.2, -0.15) is 0 Å². The van der Waals surface area contributed by atoms with E-state index in [-0.39, 0.29) is 16.6 Å². The highest BCUT2D eigenvalue weighted by Gasteiger charge is 2.27. The van der Waals surface area contributed by atoms with Gasteiger partial charge in [-0.15, -0.1) is 0 Å². The second kappa shape index (κ2) is 7.42. The van der Waals surface area contributed by atoms with Crippen LogP contribution < -0.4 is 5.73 Å². The average Bonchev–Trinajstić information content (AvgIpc) is 3.09. The van der Waals surface area contributed by atoms with Crippen LogP contribution in [-0.4, -0.2) is 32.7 Å². The lowest BCUT2D eigenvalue weighted by Gasteiger charge is -2.05. The number of carbonyl (C=O) groups is 3. The first kappa shape index (κ1) is 19.8. The van der Waals surface area contributed by atoms with Gasteiger partial charge in [0.1, 0.15) is 11.5 Å². The Morgan fingerprint density at radius 1 is 0.806 bits per heavy atom. The molecule has 1 amide bonds. The second-order valence-corrected chi connectivity index (χ2v) is 6.83. The molecular formula is C23H15FN2O5. The number of fused-ring (bicyclic) bond motifs is 1. The van der Waals surface area contributed by atoms with Crippen LogP contribution >= 0.6 is 0 Å². The zero-order chi connectivity index (χ0) is 22.3. The van der Waals surface area contributed by atoms with Crippen LogP contribution in [0, 0.1) is 5.82 Å². The lowest BCUT2D eigenvalue weighted by Crippen LogP contribution is -2.16. The van der Waals surface area contributed by atoms with Crippen LogP contribution in [-0.2, 0) is 0 Å². The first-order chi connectivity index (χ1) is 14.8. The molecular weight excluding hydrogens is 403 g/mol. The maximum absolute atomic E-state index is 13.3. The number of nitrogens with zero attached hydrogens (tertiary/aromatic N) is 1. The standard InChI is InChI=1S/C23H15FN2O5/c24-16-8-5-12(6-9-16)15-7-10-17-18(11-15)26(23(30)31)20(22(28)29)19(17)13-1-3-14(4-2-13)21(25)27/h1-11H,(H2,25,27)(H,28,29)(H,30,31). The van der Waals surface area contributed by atoms with Gasteiger partial charge in [0, 0.05) is 16.5 Å². The molecule has 4 N–H and O–H groups in total. The summed E-state index contributed by atoms with van der Waals surface area (Å²) >= 11 is 0. The number of carbonyl (C=O) groups excluding carboxylic acids is 1. The lowest BCUT2D eigenvalue weighted by atomic mass is 9.98. The quantitative estimate of drug-likeness (QED) is 0.452. The number of carboxylic acid groups (broad SMARTS) is 2. The number of hydrogen-bond donors (Lipinski definition) is 3. The van der Waals surface area contributed by atoms with Gasteiger partial charge >= 0.3 is 12.1 Å². The van der Waals surface area contributed by atoms with E-state index in [0.717, 1.165) is 0 Å². The monoisotopic (exact) mass is 418 g/mol. The number of aromatic carboxylic acids is 1. The summed E-state index contributed by atoms with van der Waals surface area (Å²) in [7, 11) is 0. The third-order valence-corrected chi connectivity index (χ3v) is 5.00.